The van der Waals surface area contributed by atoms with Crippen LogP contribution in [-0.2, 0) is 4.74 Å². The molecule has 0 aromatic heterocycles. The van der Waals surface area contributed by atoms with Crippen molar-refractivity contribution in [2.24, 2.45) is 0 Å². The number of hydrogen-bond acceptors (Lipinski definition) is 4. The van der Waals surface area contributed by atoms with Gasteiger partial charge in [0.2, 0.25) is 0 Å². The summed E-state index contributed by atoms with van der Waals surface area (Å²) in [5.74, 6) is 0. The summed E-state index contributed by atoms with van der Waals surface area (Å²) in [6.45, 7) is 2.41. The molecule has 1 unspecified atom stereocenters. The van der Waals surface area contributed by atoms with E-state index in [1.807, 2.05) is 6.07 Å². The average molecular weight is 280 g/mol. The largest absolute Gasteiger partial charge is 0.383 e. The van der Waals surface area contributed by atoms with Crippen LogP contribution in [0.25, 0.3) is 0 Å². The molecule has 0 saturated carbocycles. The molecule has 0 bridgehead atoms. The van der Waals surface area contributed by atoms with Gasteiger partial charge in [-0.2, -0.15) is 5.26 Å². The predicted octanol–water partition coefficient (Wildman–Crippen LogP) is 2.39. The summed E-state index contributed by atoms with van der Waals surface area (Å²) in [6, 6.07) is 7.46. The van der Waals surface area contributed by atoms with Gasteiger partial charge in [0.1, 0.15) is 6.07 Å². The molecule has 0 radical (unpaired) electrons. The third-order valence-electron chi connectivity index (χ3n) is 3.47. The standard InChI is InChI=1S/C14H18ClN3O/c1-19-10-14(5-2-6-18-14)9-17-13-4-3-12(15)7-11(13)8-16/h3-4,7,17-18H,2,5-6,9-10H2,1H3. The van der Waals surface area contributed by atoms with Crippen molar-refractivity contribution in [3.05, 3.63) is 28.8 Å². The summed E-state index contributed by atoms with van der Waals surface area (Å²) in [5.41, 5.74) is 1.34. The monoisotopic (exact) mass is 279 g/mol. The van der Waals surface area contributed by atoms with Gasteiger partial charge in [-0.3, -0.25) is 0 Å². The Balaban J connectivity index is 2.07. The van der Waals surface area contributed by atoms with Crippen molar-refractivity contribution in [1.29, 1.82) is 5.26 Å². The predicted molar refractivity (Wildman–Crippen MR) is 76.5 cm³/mol. The first-order valence-corrected chi connectivity index (χ1v) is 6.74. The number of halogens is 1. The minimum atomic E-state index is -0.0406. The van der Waals surface area contributed by atoms with Gasteiger partial charge in [0.05, 0.1) is 23.4 Å². The second-order valence-electron chi connectivity index (χ2n) is 4.90. The molecule has 0 aliphatic carbocycles. The third kappa shape index (κ3) is 3.38. The SMILES string of the molecule is COCC1(CNc2ccc(Cl)cc2C#N)CCCN1. The van der Waals surface area contributed by atoms with Crippen LogP contribution in [-0.4, -0.2) is 32.3 Å². The van der Waals surface area contributed by atoms with Crippen LogP contribution in [0.2, 0.25) is 5.02 Å². The molecule has 1 aliphatic rings. The molecule has 5 heteroatoms. The molecule has 1 aromatic carbocycles. The molecule has 1 atom stereocenters. The Morgan fingerprint density at radius 2 is 2.42 bits per heavy atom. The van der Waals surface area contributed by atoms with Crippen LogP contribution in [0, 0.1) is 11.3 Å². The summed E-state index contributed by atoms with van der Waals surface area (Å²) in [6.07, 6.45) is 2.22. The molecule has 1 saturated heterocycles. The molecule has 1 aliphatic heterocycles. The van der Waals surface area contributed by atoms with Crippen LogP contribution in [0.5, 0.6) is 0 Å². The van der Waals surface area contributed by atoms with E-state index in [1.54, 1.807) is 19.2 Å². The van der Waals surface area contributed by atoms with E-state index < -0.39 is 0 Å². The number of methoxy groups -OCH3 is 1. The molecular weight excluding hydrogens is 262 g/mol. The number of ether oxygens (including phenoxy) is 1. The van der Waals surface area contributed by atoms with E-state index in [0.717, 1.165) is 31.6 Å². The van der Waals surface area contributed by atoms with Gasteiger partial charge in [0.15, 0.2) is 0 Å². The Kier molecular flexibility index (Phi) is 4.65. The molecule has 1 fully saturated rings. The number of nitrogens with zero attached hydrogens (tertiary/aromatic N) is 1. The van der Waals surface area contributed by atoms with Gasteiger partial charge < -0.3 is 15.4 Å². The highest BCUT2D eigenvalue weighted by Gasteiger charge is 2.33. The maximum absolute atomic E-state index is 9.11. The lowest BCUT2D eigenvalue weighted by Gasteiger charge is -2.29. The summed E-state index contributed by atoms with van der Waals surface area (Å²) >= 11 is 5.89. The van der Waals surface area contributed by atoms with E-state index in [0.29, 0.717) is 17.2 Å². The summed E-state index contributed by atoms with van der Waals surface area (Å²) < 4.78 is 5.30. The number of benzene rings is 1. The second kappa shape index (κ2) is 6.25. The summed E-state index contributed by atoms with van der Waals surface area (Å²) in [5, 5.41) is 16.5. The van der Waals surface area contributed by atoms with Gasteiger partial charge in [0.25, 0.3) is 0 Å². The van der Waals surface area contributed by atoms with Crippen molar-refractivity contribution in [2.45, 2.75) is 18.4 Å². The minimum absolute atomic E-state index is 0.0406. The van der Waals surface area contributed by atoms with Crippen LogP contribution in [0.3, 0.4) is 0 Å². The third-order valence-corrected chi connectivity index (χ3v) is 3.71. The lowest BCUT2D eigenvalue weighted by Crippen LogP contribution is -2.49. The highest BCUT2D eigenvalue weighted by Crippen LogP contribution is 2.24. The molecule has 0 spiro atoms. The van der Waals surface area contributed by atoms with Gasteiger partial charge in [-0.05, 0) is 37.6 Å². The molecule has 1 heterocycles. The first-order chi connectivity index (χ1) is 9.19. The van der Waals surface area contributed by atoms with E-state index in [4.69, 9.17) is 21.6 Å². The summed E-state index contributed by atoms with van der Waals surface area (Å²) in [4.78, 5) is 0. The number of rotatable bonds is 5. The zero-order valence-electron chi connectivity index (χ0n) is 11.0. The van der Waals surface area contributed by atoms with Crippen molar-refractivity contribution < 1.29 is 4.74 Å². The topological polar surface area (TPSA) is 57.1 Å². The zero-order chi connectivity index (χ0) is 13.7. The smallest absolute Gasteiger partial charge is 0.101 e. The first-order valence-electron chi connectivity index (χ1n) is 6.37. The number of nitriles is 1. The van der Waals surface area contributed by atoms with Gasteiger partial charge in [0, 0.05) is 18.7 Å². The van der Waals surface area contributed by atoms with Crippen molar-refractivity contribution in [2.75, 3.05) is 32.1 Å². The van der Waals surface area contributed by atoms with Gasteiger partial charge in [-0.25, -0.2) is 0 Å². The van der Waals surface area contributed by atoms with Crippen LogP contribution >= 0.6 is 11.6 Å². The van der Waals surface area contributed by atoms with Crippen LogP contribution in [0.4, 0.5) is 5.69 Å². The normalized spacial score (nSPS) is 22.2. The maximum atomic E-state index is 9.11. The number of anilines is 1. The Bertz CT molecular complexity index is 478. The van der Waals surface area contributed by atoms with Crippen molar-refractivity contribution in [3.8, 4) is 6.07 Å². The second-order valence-corrected chi connectivity index (χ2v) is 5.34. The van der Waals surface area contributed by atoms with Gasteiger partial charge in [-0.15, -0.1) is 0 Å². The van der Waals surface area contributed by atoms with Crippen molar-refractivity contribution >= 4 is 17.3 Å². The molecular formula is C14H18ClN3O. The molecule has 4 nitrogen and oxygen atoms in total. The van der Waals surface area contributed by atoms with Gasteiger partial charge >= 0.3 is 0 Å². The molecule has 2 rings (SSSR count). The molecule has 1 aromatic rings. The highest BCUT2D eigenvalue weighted by molar-refractivity contribution is 6.30. The fourth-order valence-electron chi connectivity index (χ4n) is 2.50. The van der Waals surface area contributed by atoms with Crippen molar-refractivity contribution in [3.63, 3.8) is 0 Å². The van der Waals surface area contributed by atoms with E-state index in [9.17, 15) is 0 Å². The van der Waals surface area contributed by atoms with E-state index >= 15 is 0 Å². The lowest BCUT2D eigenvalue weighted by molar-refractivity contribution is 0.127. The quantitative estimate of drug-likeness (QED) is 0.869. The highest BCUT2D eigenvalue weighted by atomic mass is 35.5. The zero-order valence-corrected chi connectivity index (χ0v) is 11.8. The Morgan fingerprint density at radius 1 is 1.58 bits per heavy atom. The minimum Gasteiger partial charge on any atom is -0.383 e. The van der Waals surface area contributed by atoms with Gasteiger partial charge in [-0.1, -0.05) is 11.6 Å². The summed E-state index contributed by atoms with van der Waals surface area (Å²) in [7, 11) is 1.71. The van der Waals surface area contributed by atoms with Crippen LogP contribution in [0.1, 0.15) is 18.4 Å². The Hall–Kier alpha value is -1.28. The maximum Gasteiger partial charge on any atom is 0.101 e. The molecule has 19 heavy (non-hydrogen) atoms. The Labute approximate surface area is 118 Å². The van der Waals surface area contributed by atoms with Crippen molar-refractivity contribution in [1.82, 2.24) is 5.32 Å². The van der Waals surface area contributed by atoms with Crippen LogP contribution in [0.15, 0.2) is 18.2 Å². The van der Waals surface area contributed by atoms with Crippen LogP contribution < -0.4 is 10.6 Å². The molecule has 0 amide bonds. The number of hydrogen-bond donors (Lipinski definition) is 2. The van der Waals surface area contributed by atoms with E-state index in [-0.39, 0.29) is 5.54 Å². The van der Waals surface area contributed by atoms with E-state index in [1.165, 1.54) is 0 Å². The lowest BCUT2D eigenvalue weighted by atomic mass is 9.98. The Morgan fingerprint density at radius 3 is 3.05 bits per heavy atom. The fourth-order valence-corrected chi connectivity index (χ4v) is 2.67. The fraction of sp³-hybridized carbons (Fsp3) is 0.500. The first kappa shape index (κ1) is 14.1. The average Bonchev–Trinajstić information content (AvgIpc) is 2.86. The molecule has 2 N–H and O–H groups in total. The number of nitrogens with one attached hydrogen (secondary N) is 2. The van der Waals surface area contributed by atoms with E-state index in [2.05, 4.69) is 16.7 Å². The molecule has 102 valence electrons.